The lowest BCUT2D eigenvalue weighted by atomic mass is 10.0. The number of benzene rings is 2. The van der Waals surface area contributed by atoms with Crippen molar-refractivity contribution in [2.75, 3.05) is 12.4 Å². The molecule has 0 radical (unpaired) electrons. The number of anilines is 1. The van der Waals surface area contributed by atoms with Crippen molar-refractivity contribution in [1.82, 2.24) is 0 Å². The Labute approximate surface area is 162 Å². The predicted octanol–water partition coefficient (Wildman–Crippen LogP) is 3.76. The minimum atomic E-state index is -4.67. The Bertz CT molecular complexity index is 988. The highest BCUT2D eigenvalue weighted by atomic mass is 19.4. The molecule has 0 spiro atoms. The average Bonchev–Trinajstić information content (AvgIpc) is 3.17. The second-order valence-electron chi connectivity index (χ2n) is 6.09. The number of hydrogen-bond acceptors (Lipinski definition) is 5. The first kappa shape index (κ1) is 20.3. The predicted molar refractivity (Wildman–Crippen MR) is 93.8 cm³/mol. The van der Waals surface area contributed by atoms with E-state index in [1.165, 1.54) is 18.2 Å². The summed E-state index contributed by atoms with van der Waals surface area (Å²) < 4.78 is 56.8. The number of methoxy groups -OCH3 is 1. The minimum absolute atomic E-state index is 0.0260. The van der Waals surface area contributed by atoms with Gasteiger partial charge >= 0.3 is 12.1 Å². The molecule has 1 aliphatic rings. The van der Waals surface area contributed by atoms with Crippen LogP contribution in [0.15, 0.2) is 47.6 Å². The minimum Gasteiger partial charge on any atom is -0.465 e. The first-order valence-corrected chi connectivity index (χ1v) is 8.28. The van der Waals surface area contributed by atoms with Gasteiger partial charge in [-0.1, -0.05) is 17.3 Å². The van der Waals surface area contributed by atoms with Gasteiger partial charge in [0.15, 0.2) is 0 Å². The molecule has 10 heteroatoms. The zero-order chi connectivity index (χ0) is 21.2. The Balaban J connectivity index is 1.79. The molecular weight excluding hydrogens is 396 g/mol. The highest BCUT2D eigenvalue weighted by molar-refractivity contribution is 6.07. The monoisotopic (exact) mass is 410 g/mol. The molecule has 1 N–H and O–H groups in total. The molecule has 0 aromatic heterocycles. The topological polar surface area (TPSA) is 77.0 Å². The van der Waals surface area contributed by atoms with Crippen LogP contribution in [0.3, 0.4) is 0 Å². The third kappa shape index (κ3) is 4.53. The number of halogens is 4. The fourth-order valence-electron chi connectivity index (χ4n) is 2.68. The van der Waals surface area contributed by atoms with Gasteiger partial charge in [-0.3, -0.25) is 4.79 Å². The van der Waals surface area contributed by atoms with Crippen molar-refractivity contribution < 1.29 is 36.7 Å². The molecular formula is C19H14F4N2O4. The number of nitrogens with one attached hydrogen (secondary N) is 1. The third-order valence-corrected chi connectivity index (χ3v) is 4.13. The van der Waals surface area contributed by atoms with Crippen LogP contribution in [0.25, 0.3) is 0 Å². The van der Waals surface area contributed by atoms with Gasteiger partial charge in [-0.15, -0.1) is 0 Å². The van der Waals surface area contributed by atoms with Crippen molar-refractivity contribution in [3.05, 3.63) is 65.0 Å². The summed E-state index contributed by atoms with van der Waals surface area (Å²) in [5, 5.41) is 5.99. The summed E-state index contributed by atoms with van der Waals surface area (Å²) in [6, 6.07) is 7.75. The van der Waals surface area contributed by atoms with E-state index >= 15 is 0 Å². The summed E-state index contributed by atoms with van der Waals surface area (Å²) >= 11 is 0. The molecule has 1 aliphatic heterocycles. The molecule has 6 nitrogen and oxygen atoms in total. The first-order valence-electron chi connectivity index (χ1n) is 8.28. The van der Waals surface area contributed by atoms with E-state index in [1.54, 1.807) is 6.07 Å². The molecule has 0 saturated heterocycles. The normalized spacial score (nSPS) is 16.0. The number of rotatable bonds is 4. The second kappa shape index (κ2) is 7.90. The largest absolute Gasteiger partial charge is 0.465 e. The van der Waals surface area contributed by atoms with E-state index in [4.69, 9.17) is 4.84 Å². The van der Waals surface area contributed by atoms with Gasteiger partial charge in [0.25, 0.3) is 5.91 Å². The number of nitrogens with zero attached hydrogens (tertiary/aromatic N) is 1. The van der Waals surface area contributed by atoms with E-state index in [1.807, 2.05) is 0 Å². The lowest BCUT2D eigenvalue weighted by molar-refractivity contribution is -0.137. The summed E-state index contributed by atoms with van der Waals surface area (Å²) in [6.45, 7) is 0. The standard InChI is InChI=1S/C19H14F4N2O4/c1-28-18(27)13-6-5-11(19(21,22)23)8-15(13)24-17(26)16-9-14(25-29-16)10-3-2-4-12(20)7-10/h2-8,16H,9H2,1H3,(H,24,26). The zero-order valence-electron chi connectivity index (χ0n) is 14.9. The molecule has 2 aromatic carbocycles. The van der Waals surface area contributed by atoms with Crippen molar-refractivity contribution in [1.29, 1.82) is 0 Å². The summed E-state index contributed by atoms with van der Waals surface area (Å²) in [4.78, 5) is 29.3. The number of carbonyl (C=O) groups is 2. The van der Waals surface area contributed by atoms with Crippen LogP contribution in [0.2, 0.25) is 0 Å². The Morgan fingerprint density at radius 3 is 2.62 bits per heavy atom. The quantitative estimate of drug-likeness (QED) is 0.615. The molecule has 0 bridgehead atoms. The van der Waals surface area contributed by atoms with Crippen LogP contribution in [0.5, 0.6) is 0 Å². The van der Waals surface area contributed by atoms with Gasteiger partial charge in [0.05, 0.1) is 29.6 Å². The van der Waals surface area contributed by atoms with Gasteiger partial charge in [0.1, 0.15) is 5.82 Å². The zero-order valence-corrected chi connectivity index (χ0v) is 14.9. The van der Waals surface area contributed by atoms with Crippen LogP contribution < -0.4 is 5.32 Å². The van der Waals surface area contributed by atoms with Gasteiger partial charge in [-0.2, -0.15) is 13.2 Å². The number of esters is 1. The summed E-state index contributed by atoms with van der Waals surface area (Å²) in [5.74, 6) is -2.23. The maximum absolute atomic E-state index is 13.3. The molecule has 2 aromatic rings. The molecule has 1 amide bonds. The Morgan fingerprint density at radius 2 is 1.97 bits per heavy atom. The van der Waals surface area contributed by atoms with Crippen molar-refractivity contribution in [3.8, 4) is 0 Å². The second-order valence-corrected chi connectivity index (χ2v) is 6.09. The maximum Gasteiger partial charge on any atom is 0.416 e. The smallest absolute Gasteiger partial charge is 0.416 e. The van der Waals surface area contributed by atoms with E-state index < -0.39 is 35.5 Å². The number of ether oxygens (including phenoxy) is 1. The van der Waals surface area contributed by atoms with Crippen LogP contribution in [0.1, 0.15) is 27.9 Å². The third-order valence-electron chi connectivity index (χ3n) is 4.13. The van der Waals surface area contributed by atoms with Gasteiger partial charge in [-0.05, 0) is 30.3 Å². The van der Waals surface area contributed by atoms with Gasteiger partial charge in [-0.25, -0.2) is 9.18 Å². The molecule has 1 atom stereocenters. The highest BCUT2D eigenvalue weighted by Gasteiger charge is 2.33. The van der Waals surface area contributed by atoms with Gasteiger partial charge in [0, 0.05) is 12.0 Å². The van der Waals surface area contributed by atoms with Crippen molar-refractivity contribution >= 4 is 23.3 Å². The molecule has 0 saturated carbocycles. The summed E-state index contributed by atoms with van der Waals surface area (Å²) in [7, 11) is 1.06. The Hall–Kier alpha value is -3.43. The highest BCUT2D eigenvalue weighted by Crippen LogP contribution is 2.33. The van der Waals surface area contributed by atoms with E-state index in [-0.39, 0.29) is 17.7 Å². The van der Waals surface area contributed by atoms with Crippen LogP contribution in [-0.4, -0.2) is 30.8 Å². The summed E-state index contributed by atoms with van der Waals surface area (Å²) in [6.07, 6.45) is -5.86. The molecule has 1 heterocycles. The molecule has 3 rings (SSSR count). The van der Waals surface area contributed by atoms with Gasteiger partial charge in [0.2, 0.25) is 6.10 Å². The summed E-state index contributed by atoms with van der Waals surface area (Å²) in [5.41, 5.74) is -0.960. The van der Waals surface area contributed by atoms with Crippen molar-refractivity contribution in [2.45, 2.75) is 18.7 Å². The van der Waals surface area contributed by atoms with Crippen LogP contribution >= 0.6 is 0 Å². The van der Waals surface area contributed by atoms with Crippen molar-refractivity contribution in [2.24, 2.45) is 5.16 Å². The number of hydrogen-bond donors (Lipinski definition) is 1. The lowest BCUT2D eigenvalue weighted by Gasteiger charge is -2.15. The SMILES string of the molecule is COC(=O)c1ccc(C(F)(F)F)cc1NC(=O)C1CC(c2cccc(F)c2)=NO1. The van der Waals surface area contributed by atoms with E-state index in [0.717, 1.165) is 13.2 Å². The molecule has 1 unspecified atom stereocenters. The Kier molecular flexibility index (Phi) is 5.53. The number of oxime groups is 1. The lowest BCUT2D eigenvalue weighted by Crippen LogP contribution is -2.29. The number of amides is 1. The number of alkyl halides is 3. The average molecular weight is 410 g/mol. The maximum atomic E-state index is 13.3. The molecule has 0 fully saturated rings. The molecule has 0 aliphatic carbocycles. The number of carbonyl (C=O) groups excluding carboxylic acids is 2. The van der Waals surface area contributed by atoms with E-state index in [9.17, 15) is 27.2 Å². The van der Waals surface area contributed by atoms with Gasteiger partial charge < -0.3 is 14.9 Å². The first-order chi connectivity index (χ1) is 13.7. The Morgan fingerprint density at radius 1 is 1.21 bits per heavy atom. The van der Waals surface area contributed by atoms with Crippen LogP contribution in [-0.2, 0) is 20.5 Å². The van der Waals surface area contributed by atoms with Crippen molar-refractivity contribution in [3.63, 3.8) is 0 Å². The fraction of sp³-hybridized carbons (Fsp3) is 0.211. The van der Waals surface area contributed by atoms with Crippen LogP contribution in [0, 0.1) is 5.82 Å². The van der Waals surface area contributed by atoms with Crippen LogP contribution in [0.4, 0.5) is 23.2 Å². The molecule has 29 heavy (non-hydrogen) atoms. The van der Waals surface area contributed by atoms with E-state index in [2.05, 4.69) is 15.2 Å². The van der Waals surface area contributed by atoms with E-state index in [0.29, 0.717) is 23.4 Å². The fourth-order valence-corrected chi connectivity index (χ4v) is 2.68. The molecule has 152 valence electrons.